The molecule has 0 aliphatic rings. The summed E-state index contributed by atoms with van der Waals surface area (Å²) in [6, 6.07) is 0. The Labute approximate surface area is 84.3 Å². The fourth-order valence-electron chi connectivity index (χ4n) is 0.953. The van der Waals surface area contributed by atoms with Crippen LogP contribution >= 0.6 is 23.6 Å². The second-order valence-electron chi connectivity index (χ2n) is 2.48. The van der Waals surface area contributed by atoms with Crippen molar-refractivity contribution in [3.63, 3.8) is 0 Å². The average Bonchev–Trinajstić information content (AvgIpc) is 2.71. The number of rotatable bonds is 2. The Bertz CT molecular complexity index is 453. The van der Waals surface area contributed by atoms with Gasteiger partial charge in [-0.05, 0) is 18.6 Å². The van der Waals surface area contributed by atoms with Crippen molar-refractivity contribution < 1.29 is 0 Å². The van der Waals surface area contributed by atoms with E-state index in [1.165, 1.54) is 0 Å². The highest BCUT2D eigenvalue weighted by molar-refractivity contribution is 7.71. The van der Waals surface area contributed by atoms with Crippen molar-refractivity contribution in [2.24, 2.45) is 0 Å². The molecule has 2 aromatic heterocycles. The van der Waals surface area contributed by atoms with Crippen LogP contribution in [0.1, 0.15) is 12.6 Å². The lowest BCUT2D eigenvalue weighted by molar-refractivity contribution is 0.846. The summed E-state index contributed by atoms with van der Waals surface area (Å²) >= 11 is 6.56. The number of nitrogens with one attached hydrogen (secondary N) is 1. The van der Waals surface area contributed by atoms with Crippen LogP contribution in [0.25, 0.3) is 5.13 Å². The van der Waals surface area contributed by atoms with Crippen LogP contribution in [0, 0.1) is 4.77 Å². The molecular formula is C7H8N4S2. The van der Waals surface area contributed by atoms with Crippen LogP contribution in [0.5, 0.6) is 0 Å². The van der Waals surface area contributed by atoms with Gasteiger partial charge in [0.25, 0.3) is 0 Å². The van der Waals surface area contributed by atoms with Crippen LogP contribution in [0.15, 0.2) is 11.7 Å². The summed E-state index contributed by atoms with van der Waals surface area (Å²) in [5.41, 5.74) is 1.08. The van der Waals surface area contributed by atoms with E-state index in [9.17, 15) is 0 Å². The molecule has 0 saturated carbocycles. The van der Waals surface area contributed by atoms with Gasteiger partial charge in [-0.25, -0.2) is 9.97 Å². The summed E-state index contributed by atoms with van der Waals surface area (Å²) in [5, 5.41) is 5.78. The molecule has 68 valence electrons. The number of aromatic amines is 1. The fourth-order valence-corrected chi connectivity index (χ4v) is 2.08. The first-order valence-electron chi connectivity index (χ1n) is 3.88. The molecule has 0 atom stereocenters. The van der Waals surface area contributed by atoms with E-state index in [0.717, 1.165) is 17.2 Å². The van der Waals surface area contributed by atoms with E-state index in [4.69, 9.17) is 12.2 Å². The average molecular weight is 212 g/mol. The van der Waals surface area contributed by atoms with E-state index in [1.54, 1.807) is 22.3 Å². The zero-order chi connectivity index (χ0) is 9.26. The van der Waals surface area contributed by atoms with Gasteiger partial charge in [0.15, 0.2) is 0 Å². The smallest absolute Gasteiger partial charge is 0.222 e. The molecule has 2 heterocycles. The Morgan fingerprint density at radius 2 is 2.54 bits per heavy atom. The molecule has 2 rings (SSSR count). The minimum absolute atomic E-state index is 0.511. The van der Waals surface area contributed by atoms with Gasteiger partial charge in [0, 0.05) is 5.38 Å². The van der Waals surface area contributed by atoms with Gasteiger partial charge in [-0.2, -0.15) is 4.68 Å². The topological polar surface area (TPSA) is 46.5 Å². The summed E-state index contributed by atoms with van der Waals surface area (Å²) in [4.78, 5) is 8.29. The number of nitrogens with zero attached hydrogens (tertiary/aromatic N) is 3. The van der Waals surface area contributed by atoms with Crippen LogP contribution in [0.4, 0.5) is 0 Å². The number of hydrogen-bond donors (Lipinski definition) is 1. The summed E-state index contributed by atoms with van der Waals surface area (Å²) in [6.07, 6.45) is 2.51. The van der Waals surface area contributed by atoms with E-state index < -0.39 is 0 Å². The molecule has 0 aliphatic heterocycles. The highest BCUT2D eigenvalue weighted by Gasteiger charge is 2.03. The van der Waals surface area contributed by atoms with Gasteiger partial charge >= 0.3 is 0 Å². The molecule has 0 aliphatic carbocycles. The van der Waals surface area contributed by atoms with Crippen molar-refractivity contribution >= 4 is 23.6 Å². The fraction of sp³-hybridized carbons (Fsp3) is 0.286. The third kappa shape index (κ3) is 1.54. The lowest BCUT2D eigenvalue weighted by Crippen LogP contribution is -1.95. The molecule has 0 bridgehead atoms. The maximum Gasteiger partial charge on any atom is 0.222 e. The van der Waals surface area contributed by atoms with Crippen LogP contribution in [-0.2, 0) is 6.42 Å². The Morgan fingerprint density at radius 3 is 3.08 bits per heavy atom. The normalized spacial score (nSPS) is 10.5. The number of H-pyrrole nitrogens is 1. The largest absolute Gasteiger partial charge is 0.279 e. The zero-order valence-electron chi connectivity index (χ0n) is 7.02. The SMILES string of the molecule is CCc1csc(-n2[nH]cnc2=S)n1. The van der Waals surface area contributed by atoms with Crippen molar-refractivity contribution in [2.75, 3.05) is 0 Å². The quantitative estimate of drug-likeness (QED) is 0.774. The predicted molar refractivity (Wildman–Crippen MR) is 53.8 cm³/mol. The molecule has 0 aromatic carbocycles. The van der Waals surface area contributed by atoms with E-state index in [1.807, 2.05) is 5.38 Å². The van der Waals surface area contributed by atoms with Crippen molar-refractivity contribution in [3.8, 4) is 5.13 Å². The standard InChI is InChI=1S/C7H8N4S2/c1-2-5-3-13-7(10-5)11-6(12)8-4-9-11/h3-4H,2H2,1H3,(H,8,9,12). The molecule has 0 saturated heterocycles. The molecular weight excluding hydrogens is 204 g/mol. The van der Waals surface area contributed by atoms with Gasteiger partial charge in [-0.1, -0.05) is 6.92 Å². The molecule has 1 N–H and O–H groups in total. The van der Waals surface area contributed by atoms with E-state index in [-0.39, 0.29) is 0 Å². The summed E-state index contributed by atoms with van der Waals surface area (Å²) < 4.78 is 2.20. The van der Waals surface area contributed by atoms with Crippen LogP contribution in [0.3, 0.4) is 0 Å². The highest BCUT2D eigenvalue weighted by atomic mass is 32.1. The van der Waals surface area contributed by atoms with Gasteiger partial charge in [-0.3, -0.25) is 5.10 Å². The van der Waals surface area contributed by atoms with Gasteiger partial charge in [-0.15, -0.1) is 11.3 Å². The molecule has 0 unspecified atom stereocenters. The van der Waals surface area contributed by atoms with E-state index in [0.29, 0.717) is 4.77 Å². The summed E-state index contributed by atoms with van der Waals surface area (Å²) in [7, 11) is 0. The third-order valence-corrected chi connectivity index (χ3v) is 2.81. The first-order valence-corrected chi connectivity index (χ1v) is 5.17. The van der Waals surface area contributed by atoms with Crippen molar-refractivity contribution in [3.05, 3.63) is 22.2 Å². The van der Waals surface area contributed by atoms with E-state index in [2.05, 4.69) is 22.0 Å². The maximum absolute atomic E-state index is 5.00. The van der Waals surface area contributed by atoms with Crippen LogP contribution < -0.4 is 0 Å². The minimum atomic E-state index is 0.511. The number of aryl methyl sites for hydroxylation is 1. The second-order valence-corrected chi connectivity index (χ2v) is 3.68. The number of hydrogen-bond acceptors (Lipinski definition) is 4. The monoisotopic (exact) mass is 212 g/mol. The first kappa shape index (κ1) is 8.58. The minimum Gasteiger partial charge on any atom is -0.279 e. The van der Waals surface area contributed by atoms with Crippen LogP contribution in [0.2, 0.25) is 0 Å². The third-order valence-electron chi connectivity index (χ3n) is 1.65. The van der Waals surface area contributed by atoms with Gasteiger partial charge < -0.3 is 0 Å². The lowest BCUT2D eigenvalue weighted by Gasteiger charge is -1.92. The first-order chi connectivity index (χ1) is 6.31. The van der Waals surface area contributed by atoms with Crippen LogP contribution in [-0.4, -0.2) is 19.7 Å². The second kappa shape index (κ2) is 3.39. The Kier molecular flexibility index (Phi) is 2.24. The lowest BCUT2D eigenvalue weighted by atomic mass is 10.4. The van der Waals surface area contributed by atoms with Gasteiger partial charge in [0.2, 0.25) is 9.90 Å². The molecule has 0 fully saturated rings. The summed E-state index contributed by atoms with van der Waals surface area (Å²) in [5.74, 6) is 0. The Hall–Kier alpha value is -1.01. The number of aromatic nitrogens is 4. The van der Waals surface area contributed by atoms with Gasteiger partial charge in [0.05, 0.1) is 5.69 Å². The zero-order valence-corrected chi connectivity index (χ0v) is 8.65. The Balaban J connectivity index is 2.47. The van der Waals surface area contributed by atoms with Crippen molar-refractivity contribution in [1.82, 2.24) is 19.7 Å². The molecule has 6 heteroatoms. The van der Waals surface area contributed by atoms with Crippen molar-refractivity contribution in [2.45, 2.75) is 13.3 Å². The highest BCUT2D eigenvalue weighted by Crippen LogP contribution is 2.13. The molecule has 0 radical (unpaired) electrons. The Morgan fingerprint density at radius 1 is 1.69 bits per heavy atom. The predicted octanol–water partition coefficient (Wildman–Crippen LogP) is 1.95. The van der Waals surface area contributed by atoms with Gasteiger partial charge in [0.1, 0.15) is 6.33 Å². The molecule has 0 spiro atoms. The molecule has 2 aromatic rings. The van der Waals surface area contributed by atoms with Crippen molar-refractivity contribution in [1.29, 1.82) is 0 Å². The van der Waals surface area contributed by atoms with E-state index >= 15 is 0 Å². The summed E-state index contributed by atoms with van der Waals surface area (Å²) in [6.45, 7) is 2.07. The molecule has 4 nitrogen and oxygen atoms in total. The number of thiazole rings is 1. The molecule has 13 heavy (non-hydrogen) atoms. The maximum atomic E-state index is 5.00. The molecule has 0 amide bonds.